The molecule has 4 nitrogen and oxygen atoms in total. The van der Waals surface area contributed by atoms with Gasteiger partial charge in [0.05, 0.1) is 0 Å². The number of aryl methyl sites for hydroxylation is 2. The van der Waals surface area contributed by atoms with Gasteiger partial charge in [-0.05, 0) is 50.1 Å². The lowest BCUT2D eigenvalue weighted by Crippen LogP contribution is -2.13. The van der Waals surface area contributed by atoms with Gasteiger partial charge >= 0.3 is 0 Å². The fraction of sp³-hybridized carbons (Fsp3) is 0.188. The molecule has 0 saturated heterocycles. The van der Waals surface area contributed by atoms with Gasteiger partial charge in [0.15, 0.2) is 0 Å². The number of rotatable bonds is 2. The third-order valence-corrected chi connectivity index (χ3v) is 3.42. The molecule has 0 fully saturated rings. The molecule has 0 heterocycles. The van der Waals surface area contributed by atoms with Gasteiger partial charge in [0.25, 0.3) is 5.91 Å². The molecule has 2 aromatic carbocycles. The number of carbonyl (C=O) groups is 1. The first-order chi connectivity index (χ1) is 9.40. The second-order valence-electron chi connectivity index (χ2n) is 4.93. The quantitative estimate of drug-likeness (QED) is 0.734. The van der Waals surface area contributed by atoms with Gasteiger partial charge in [-0.15, -0.1) is 0 Å². The molecule has 104 valence electrons. The number of amides is 1. The second kappa shape index (κ2) is 5.25. The maximum Gasteiger partial charge on any atom is 0.255 e. The number of nitrogens with one attached hydrogen (secondary N) is 1. The van der Waals surface area contributed by atoms with Crippen LogP contribution in [0.2, 0.25) is 0 Å². The van der Waals surface area contributed by atoms with Crippen LogP contribution in [-0.4, -0.2) is 11.0 Å². The molecule has 0 saturated carbocycles. The van der Waals surface area contributed by atoms with E-state index in [0.717, 1.165) is 11.1 Å². The second-order valence-corrected chi connectivity index (χ2v) is 4.93. The maximum atomic E-state index is 12.2. The summed E-state index contributed by atoms with van der Waals surface area (Å²) in [4.78, 5) is 12.2. The summed E-state index contributed by atoms with van der Waals surface area (Å²) in [5.41, 5.74) is 9.84. The van der Waals surface area contributed by atoms with Crippen molar-refractivity contribution in [3.8, 4) is 5.75 Å². The van der Waals surface area contributed by atoms with Crippen LogP contribution in [0.1, 0.15) is 27.0 Å². The summed E-state index contributed by atoms with van der Waals surface area (Å²) in [7, 11) is 0. The van der Waals surface area contributed by atoms with E-state index in [4.69, 9.17) is 5.73 Å². The number of anilines is 2. The van der Waals surface area contributed by atoms with E-state index in [1.165, 1.54) is 0 Å². The molecule has 0 aliphatic carbocycles. The van der Waals surface area contributed by atoms with Crippen LogP contribution in [-0.2, 0) is 0 Å². The fourth-order valence-electron chi connectivity index (χ4n) is 1.95. The third kappa shape index (κ3) is 2.59. The van der Waals surface area contributed by atoms with Crippen molar-refractivity contribution in [3.05, 3.63) is 52.6 Å². The summed E-state index contributed by atoms with van der Waals surface area (Å²) in [5.74, 6) is -0.0470. The minimum atomic E-state index is -0.247. The zero-order valence-corrected chi connectivity index (χ0v) is 11.8. The predicted molar refractivity (Wildman–Crippen MR) is 81.1 cm³/mol. The lowest BCUT2D eigenvalue weighted by Gasteiger charge is -2.12. The first kappa shape index (κ1) is 13.9. The van der Waals surface area contributed by atoms with Gasteiger partial charge in [-0.3, -0.25) is 4.79 Å². The van der Waals surface area contributed by atoms with E-state index in [-0.39, 0.29) is 11.7 Å². The fourth-order valence-corrected chi connectivity index (χ4v) is 1.95. The topological polar surface area (TPSA) is 75.3 Å². The molecule has 0 unspecified atom stereocenters. The highest BCUT2D eigenvalue weighted by molar-refractivity contribution is 6.05. The van der Waals surface area contributed by atoms with Crippen LogP contribution < -0.4 is 11.1 Å². The van der Waals surface area contributed by atoms with Crippen LogP contribution in [0.5, 0.6) is 5.75 Å². The van der Waals surface area contributed by atoms with Gasteiger partial charge in [-0.25, -0.2) is 0 Å². The van der Waals surface area contributed by atoms with Crippen LogP contribution in [0.25, 0.3) is 0 Å². The third-order valence-electron chi connectivity index (χ3n) is 3.42. The number of aromatic hydroxyl groups is 1. The van der Waals surface area contributed by atoms with Gasteiger partial charge in [0.2, 0.25) is 0 Å². The molecule has 0 radical (unpaired) electrons. The van der Waals surface area contributed by atoms with Crippen molar-refractivity contribution in [2.24, 2.45) is 0 Å². The Bertz CT molecular complexity index is 678. The lowest BCUT2D eigenvalue weighted by molar-refractivity contribution is 0.102. The average molecular weight is 270 g/mol. The molecule has 0 bridgehead atoms. The van der Waals surface area contributed by atoms with Gasteiger partial charge < -0.3 is 16.2 Å². The highest BCUT2D eigenvalue weighted by atomic mass is 16.3. The van der Waals surface area contributed by atoms with Crippen molar-refractivity contribution in [1.82, 2.24) is 0 Å². The summed E-state index contributed by atoms with van der Waals surface area (Å²) < 4.78 is 0. The SMILES string of the molecule is Cc1ccc(C(=O)Nc2ccc(C)c(O)c2C)cc1N. The summed E-state index contributed by atoms with van der Waals surface area (Å²) >= 11 is 0. The monoisotopic (exact) mass is 270 g/mol. The lowest BCUT2D eigenvalue weighted by atomic mass is 10.1. The van der Waals surface area contributed by atoms with Crippen LogP contribution in [0.3, 0.4) is 0 Å². The van der Waals surface area contributed by atoms with Crippen molar-refractivity contribution in [3.63, 3.8) is 0 Å². The van der Waals surface area contributed by atoms with Crippen LogP contribution in [0, 0.1) is 20.8 Å². The number of carbonyl (C=O) groups excluding carboxylic acids is 1. The van der Waals surface area contributed by atoms with Gasteiger partial charge in [0, 0.05) is 22.5 Å². The first-order valence-corrected chi connectivity index (χ1v) is 6.37. The van der Waals surface area contributed by atoms with Crippen molar-refractivity contribution in [2.45, 2.75) is 20.8 Å². The smallest absolute Gasteiger partial charge is 0.255 e. The van der Waals surface area contributed by atoms with E-state index in [2.05, 4.69) is 5.32 Å². The van der Waals surface area contributed by atoms with Crippen LogP contribution in [0.15, 0.2) is 30.3 Å². The molecular weight excluding hydrogens is 252 g/mol. The van der Waals surface area contributed by atoms with E-state index in [0.29, 0.717) is 22.5 Å². The number of hydrogen-bond acceptors (Lipinski definition) is 3. The Morgan fingerprint density at radius 2 is 1.75 bits per heavy atom. The van der Waals surface area contributed by atoms with E-state index in [9.17, 15) is 9.90 Å². The average Bonchev–Trinajstić information content (AvgIpc) is 2.42. The molecule has 0 aromatic heterocycles. The molecule has 1 amide bonds. The molecule has 0 aliphatic heterocycles. The number of phenols is 1. The number of nitrogen functional groups attached to an aromatic ring is 1. The highest BCUT2D eigenvalue weighted by Crippen LogP contribution is 2.28. The predicted octanol–water partition coefficient (Wildman–Crippen LogP) is 3.15. The van der Waals surface area contributed by atoms with E-state index in [1.807, 2.05) is 19.9 Å². The van der Waals surface area contributed by atoms with E-state index < -0.39 is 0 Å². The number of benzene rings is 2. The van der Waals surface area contributed by atoms with Crippen molar-refractivity contribution >= 4 is 17.3 Å². The van der Waals surface area contributed by atoms with Crippen LogP contribution in [0.4, 0.5) is 11.4 Å². The standard InChI is InChI=1S/C16H18N2O2/c1-9-4-6-12(8-13(9)17)16(20)18-14-7-5-10(2)15(19)11(14)3/h4-8,19H,17H2,1-3H3,(H,18,20). The summed E-state index contributed by atoms with van der Waals surface area (Å²) in [6.45, 7) is 5.47. The van der Waals surface area contributed by atoms with Crippen molar-refractivity contribution < 1.29 is 9.90 Å². The molecule has 0 spiro atoms. The normalized spacial score (nSPS) is 10.3. The largest absolute Gasteiger partial charge is 0.507 e. The molecule has 0 aliphatic rings. The summed E-state index contributed by atoms with van der Waals surface area (Å²) in [6, 6.07) is 8.73. The Morgan fingerprint density at radius 3 is 2.40 bits per heavy atom. The van der Waals surface area contributed by atoms with Gasteiger partial charge in [-0.2, -0.15) is 0 Å². The Balaban J connectivity index is 2.28. The van der Waals surface area contributed by atoms with Crippen LogP contribution >= 0.6 is 0 Å². The zero-order chi connectivity index (χ0) is 14.9. The number of hydrogen-bond donors (Lipinski definition) is 3. The Morgan fingerprint density at radius 1 is 1.10 bits per heavy atom. The molecule has 2 rings (SSSR count). The Hall–Kier alpha value is -2.49. The Kier molecular flexibility index (Phi) is 3.66. The van der Waals surface area contributed by atoms with E-state index >= 15 is 0 Å². The molecule has 2 aromatic rings. The van der Waals surface area contributed by atoms with Gasteiger partial charge in [-0.1, -0.05) is 12.1 Å². The summed E-state index contributed by atoms with van der Waals surface area (Å²) in [5, 5.41) is 12.7. The molecular formula is C16H18N2O2. The van der Waals surface area contributed by atoms with Gasteiger partial charge in [0.1, 0.15) is 5.75 Å². The highest BCUT2D eigenvalue weighted by Gasteiger charge is 2.11. The maximum absolute atomic E-state index is 12.2. The molecule has 0 atom stereocenters. The number of nitrogens with two attached hydrogens (primary N) is 1. The summed E-state index contributed by atoms with van der Waals surface area (Å²) in [6.07, 6.45) is 0. The zero-order valence-electron chi connectivity index (χ0n) is 11.8. The van der Waals surface area contributed by atoms with Crippen molar-refractivity contribution in [1.29, 1.82) is 0 Å². The molecule has 4 heteroatoms. The minimum Gasteiger partial charge on any atom is -0.507 e. The van der Waals surface area contributed by atoms with Crippen molar-refractivity contribution in [2.75, 3.05) is 11.1 Å². The first-order valence-electron chi connectivity index (χ1n) is 6.37. The number of phenolic OH excluding ortho intramolecular Hbond substituents is 1. The molecule has 4 N–H and O–H groups in total. The van der Waals surface area contributed by atoms with E-state index in [1.54, 1.807) is 31.2 Å². The minimum absolute atomic E-state index is 0.200. The Labute approximate surface area is 118 Å². The molecule has 20 heavy (non-hydrogen) atoms.